The molecular weight excluding hydrogens is 263 g/mol. The molecule has 0 nitrogen and oxygen atoms in total. The van der Waals surface area contributed by atoms with Crippen LogP contribution in [0.5, 0.6) is 0 Å². The van der Waals surface area contributed by atoms with E-state index in [1.54, 1.807) is 0 Å². The van der Waals surface area contributed by atoms with E-state index in [0.717, 1.165) is 11.1 Å². The lowest BCUT2D eigenvalue weighted by atomic mass is 9.85. The minimum atomic E-state index is 0.0231. The first-order valence-corrected chi connectivity index (χ1v) is 7.29. The average Bonchev–Trinajstić information content (AvgIpc) is 2.25. The van der Waals surface area contributed by atoms with E-state index in [9.17, 15) is 0 Å². The first-order chi connectivity index (χ1) is 8.03. The third-order valence-corrected chi connectivity index (χ3v) is 4.86. The van der Waals surface area contributed by atoms with E-state index in [-0.39, 0.29) is 21.6 Å². The fraction of sp³-hybridized carbons (Fsp3) is 0.625. The van der Waals surface area contributed by atoms with Gasteiger partial charge in [-0.1, -0.05) is 65.8 Å². The van der Waals surface area contributed by atoms with Gasteiger partial charge in [0.2, 0.25) is 0 Å². The molecule has 2 heteroatoms. The van der Waals surface area contributed by atoms with Gasteiger partial charge in [0.25, 0.3) is 0 Å². The van der Waals surface area contributed by atoms with Gasteiger partial charge in [0.1, 0.15) is 0 Å². The number of hydrogen-bond donors (Lipinski definition) is 0. The molecule has 1 rings (SSSR count). The minimum Gasteiger partial charge on any atom is -0.117 e. The van der Waals surface area contributed by atoms with Gasteiger partial charge in [0, 0.05) is 0 Å². The van der Waals surface area contributed by atoms with Gasteiger partial charge in [-0.3, -0.25) is 0 Å². The Labute approximate surface area is 122 Å². The molecule has 0 bridgehead atoms. The molecule has 1 aromatic carbocycles. The third kappa shape index (κ3) is 3.90. The van der Waals surface area contributed by atoms with Crippen molar-refractivity contribution in [2.24, 2.45) is 10.8 Å². The molecule has 1 aromatic rings. The summed E-state index contributed by atoms with van der Waals surface area (Å²) in [6.45, 7) is 12.9. The van der Waals surface area contributed by atoms with Gasteiger partial charge in [-0.2, -0.15) is 0 Å². The van der Waals surface area contributed by atoms with E-state index in [1.165, 1.54) is 0 Å². The Hall–Kier alpha value is -0.200. The van der Waals surface area contributed by atoms with E-state index in [4.69, 9.17) is 23.2 Å². The Kier molecular flexibility index (Phi) is 4.78. The summed E-state index contributed by atoms with van der Waals surface area (Å²) in [5.41, 5.74) is 2.44. The van der Waals surface area contributed by atoms with Crippen LogP contribution in [0.25, 0.3) is 0 Å². The van der Waals surface area contributed by atoms with E-state index >= 15 is 0 Å². The van der Waals surface area contributed by atoms with Crippen LogP contribution in [0.2, 0.25) is 0 Å². The summed E-state index contributed by atoms with van der Waals surface area (Å²) in [6.07, 6.45) is 0. The van der Waals surface area contributed by atoms with Gasteiger partial charge in [-0.25, -0.2) is 0 Å². The molecule has 0 saturated carbocycles. The van der Waals surface area contributed by atoms with E-state index in [2.05, 4.69) is 65.8 Å². The largest absolute Gasteiger partial charge is 0.117 e. The van der Waals surface area contributed by atoms with Gasteiger partial charge in [0.05, 0.1) is 10.8 Å². The van der Waals surface area contributed by atoms with Crippen LogP contribution in [0.1, 0.15) is 63.4 Å². The van der Waals surface area contributed by atoms with E-state index in [0.29, 0.717) is 0 Å². The first kappa shape index (κ1) is 15.9. The fourth-order valence-electron chi connectivity index (χ4n) is 1.83. The lowest BCUT2D eigenvalue weighted by Gasteiger charge is -2.27. The van der Waals surface area contributed by atoms with Crippen LogP contribution in [-0.2, 0) is 0 Å². The van der Waals surface area contributed by atoms with Crippen molar-refractivity contribution in [3.63, 3.8) is 0 Å². The molecule has 0 heterocycles. The molecule has 2 atom stereocenters. The first-order valence-electron chi connectivity index (χ1n) is 6.41. The van der Waals surface area contributed by atoms with Crippen molar-refractivity contribution in [3.05, 3.63) is 35.4 Å². The maximum Gasteiger partial charge on any atom is 0.0633 e. The summed E-state index contributed by atoms with van der Waals surface area (Å²) >= 11 is 12.9. The molecule has 0 aliphatic carbocycles. The standard InChI is InChI=1S/C16H24Cl2/c1-15(2,3)13(17)11-7-9-12(10-8-11)14(18)16(4,5)6/h7-10,13-14H,1-6H3. The van der Waals surface area contributed by atoms with Crippen LogP contribution >= 0.6 is 23.2 Å². The van der Waals surface area contributed by atoms with Crippen molar-refractivity contribution in [3.8, 4) is 0 Å². The highest BCUT2D eigenvalue weighted by Crippen LogP contribution is 2.41. The summed E-state index contributed by atoms with van der Waals surface area (Å²) in [7, 11) is 0. The van der Waals surface area contributed by atoms with Crippen LogP contribution < -0.4 is 0 Å². The van der Waals surface area contributed by atoms with Crippen LogP contribution in [0.3, 0.4) is 0 Å². The molecule has 0 saturated heterocycles. The Bertz CT molecular complexity index is 340. The van der Waals surface area contributed by atoms with Crippen molar-refractivity contribution < 1.29 is 0 Å². The van der Waals surface area contributed by atoms with Crippen LogP contribution in [0, 0.1) is 10.8 Å². The number of rotatable bonds is 2. The molecule has 0 spiro atoms. The van der Waals surface area contributed by atoms with Crippen LogP contribution in [0.4, 0.5) is 0 Å². The van der Waals surface area contributed by atoms with Crippen molar-refractivity contribution in [2.75, 3.05) is 0 Å². The molecule has 0 aromatic heterocycles. The zero-order valence-corrected chi connectivity index (χ0v) is 13.7. The second kappa shape index (κ2) is 5.43. The van der Waals surface area contributed by atoms with E-state index in [1.807, 2.05) is 0 Å². The number of hydrogen-bond acceptors (Lipinski definition) is 0. The van der Waals surface area contributed by atoms with Gasteiger partial charge in [0.15, 0.2) is 0 Å². The van der Waals surface area contributed by atoms with Crippen molar-refractivity contribution in [2.45, 2.75) is 52.3 Å². The summed E-state index contributed by atoms with van der Waals surface area (Å²) in [6, 6.07) is 8.39. The minimum absolute atomic E-state index is 0.0231. The Balaban J connectivity index is 2.94. The molecule has 18 heavy (non-hydrogen) atoms. The molecule has 0 radical (unpaired) electrons. The van der Waals surface area contributed by atoms with Gasteiger partial charge >= 0.3 is 0 Å². The highest BCUT2D eigenvalue weighted by molar-refractivity contribution is 6.21. The second-order valence-electron chi connectivity index (χ2n) is 7.12. The normalized spacial score (nSPS) is 16.4. The molecule has 0 N–H and O–H groups in total. The molecule has 0 aliphatic rings. The summed E-state index contributed by atoms with van der Waals surface area (Å²) in [4.78, 5) is 0. The topological polar surface area (TPSA) is 0 Å². The maximum atomic E-state index is 6.47. The highest BCUT2D eigenvalue weighted by Gasteiger charge is 2.26. The Morgan fingerprint density at radius 3 is 1.06 bits per heavy atom. The smallest absolute Gasteiger partial charge is 0.0633 e. The second-order valence-corrected chi connectivity index (χ2v) is 8.00. The van der Waals surface area contributed by atoms with Crippen molar-refractivity contribution >= 4 is 23.2 Å². The average molecular weight is 287 g/mol. The molecule has 0 fully saturated rings. The number of alkyl halides is 2. The molecule has 2 unspecified atom stereocenters. The summed E-state index contributed by atoms with van der Waals surface area (Å²) < 4.78 is 0. The van der Waals surface area contributed by atoms with Crippen molar-refractivity contribution in [1.29, 1.82) is 0 Å². The van der Waals surface area contributed by atoms with Crippen LogP contribution in [-0.4, -0.2) is 0 Å². The monoisotopic (exact) mass is 286 g/mol. The Morgan fingerprint density at radius 2 is 0.889 bits per heavy atom. The fourth-order valence-corrected chi connectivity index (χ4v) is 2.12. The Morgan fingerprint density at radius 1 is 0.667 bits per heavy atom. The quantitative estimate of drug-likeness (QED) is 0.557. The zero-order chi connectivity index (χ0) is 14.1. The molecule has 0 aliphatic heterocycles. The molecular formula is C16H24Cl2. The molecule has 102 valence electrons. The lowest BCUT2D eigenvalue weighted by Crippen LogP contribution is -2.15. The zero-order valence-electron chi connectivity index (χ0n) is 12.2. The number of benzene rings is 1. The molecule has 0 amide bonds. The lowest BCUT2D eigenvalue weighted by molar-refractivity contribution is 0.392. The van der Waals surface area contributed by atoms with Gasteiger partial charge in [-0.05, 0) is 22.0 Å². The maximum absolute atomic E-state index is 6.47. The SMILES string of the molecule is CC(C)(C)C(Cl)c1ccc(C(Cl)C(C)(C)C)cc1. The summed E-state index contributed by atoms with van der Waals surface area (Å²) in [5, 5.41) is 0.0462. The third-order valence-electron chi connectivity index (χ3n) is 3.04. The van der Waals surface area contributed by atoms with E-state index < -0.39 is 0 Å². The van der Waals surface area contributed by atoms with Crippen LogP contribution in [0.15, 0.2) is 24.3 Å². The van der Waals surface area contributed by atoms with Gasteiger partial charge < -0.3 is 0 Å². The highest BCUT2D eigenvalue weighted by atomic mass is 35.5. The number of halogens is 2. The summed E-state index contributed by atoms with van der Waals surface area (Å²) in [5.74, 6) is 0. The van der Waals surface area contributed by atoms with Gasteiger partial charge in [-0.15, -0.1) is 23.2 Å². The predicted molar refractivity (Wildman–Crippen MR) is 82.5 cm³/mol. The predicted octanol–water partition coefficient (Wildman–Crippen LogP) is 6.34. The van der Waals surface area contributed by atoms with Crippen molar-refractivity contribution in [1.82, 2.24) is 0 Å².